The molecule has 0 aliphatic carbocycles. The van der Waals surface area contributed by atoms with Gasteiger partial charge in [-0.25, -0.2) is 4.79 Å². The van der Waals surface area contributed by atoms with Crippen LogP contribution in [0.1, 0.15) is 15.9 Å². The summed E-state index contributed by atoms with van der Waals surface area (Å²) in [6.07, 6.45) is 0. The molecule has 0 aliphatic heterocycles. The van der Waals surface area contributed by atoms with Gasteiger partial charge in [0.1, 0.15) is 5.84 Å². The van der Waals surface area contributed by atoms with Crippen molar-refractivity contribution in [2.75, 3.05) is 7.11 Å². The number of halogens is 2. The average Bonchev–Trinajstić information content (AvgIpc) is 2.17. The summed E-state index contributed by atoms with van der Waals surface area (Å²) in [5, 5.41) is 7.12. The van der Waals surface area contributed by atoms with Gasteiger partial charge in [-0.15, -0.1) is 24.8 Å². The molecule has 0 heterocycles. The number of esters is 1. The minimum absolute atomic E-state index is 0. The van der Waals surface area contributed by atoms with E-state index < -0.39 is 5.97 Å². The number of nitrogens with two attached hydrogens (primary N) is 1. The molecule has 0 aromatic heterocycles. The largest absolute Gasteiger partial charge is 0.465 e. The molecule has 0 unspecified atom stereocenters. The molecule has 84 valence electrons. The maximum atomic E-state index is 11.0. The summed E-state index contributed by atoms with van der Waals surface area (Å²) in [6.45, 7) is 0. The van der Waals surface area contributed by atoms with Crippen LogP contribution in [-0.4, -0.2) is 18.9 Å². The van der Waals surface area contributed by atoms with Gasteiger partial charge in [-0.2, -0.15) is 0 Å². The van der Waals surface area contributed by atoms with E-state index in [9.17, 15) is 4.79 Å². The van der Waals surface area contributed by atoms with Gasteiger partial charge in [0.15, 0.2) is 0 Å². The number of benzene rings is 1. The highest BCUT2D eigenvalue weighted by molar-refractivity contribution is 5.96. The Hall–Kier alpha value is -1.26. The van der Waals surface area contributed by atoms with Crippen LogP contribution in [0.5, 0.6) is 0 Å². The molecule has 1 aromatic rings. The van der Waals surface area contributed by atoms with Gasteiger partial charge in [-0.1, -0.05) is 12.1 Å². The molecular weight excluding hydrogens is 239 g/mol. The molecular formula is C9H12Cl2N2O2. The molecule has 4 nitrogen and oxygen atoms in total. The number of methoxy groups -OCH3 is 1. The molecule has 3 N–H and O–H groups in total. The first-order chi connectivity index (χ1) is 6.15. The molecule has 0 atom stereocenters. The summed E-state index contributed by atoms with van der Waals surface area (Å²) in [4.78, 5) is 11.0. The van der Waals surface area contributed by atoms with Crippen molar-refractivity contribution in [2.24, 2.45) is 5.73 Å². The number of hydrogen-bond donors (Lipinski definition) is 2. The molecule has 6 heteroatoms. The Labute approximate surface area is 100 Å². The van der Waals surface area contributed by atoms with E-state index in [4.69, 9.17) is 11.1 Å². The lowest BCUT2D eigenvalue weighted by Crippen LogP contribution is -2.11. The van der Waals surface area contributed by atoms with Crippen LogP contribution >= 0.6 is 24.8 Å². The maximum absolute atomic E-state index is 11.0. The third-order valence-corrected chi connectivity index (χ3v) is 1.62. The minimum Gasteiger partial charge on any atom is -0.465 e. The predicted octanol–water partition coefficient (Wildman–Crippen LogP) is 1.60. The molecule has 1 aromatic carbocycles. The zero-order valence-electron chi connectivity index (χ0n) is 8.02. The average molecular weight is 251 g/mol. The van der Waals surface area contributed by atoms with E-state index in [-0.39, 0.29) is 30.6 Å². The Morgan fingerprint density at radius 2 is 1.60 bits per heavy atom. The first kappa shape index (κ1) is 16.2. The highest BCUT2D eigenvalue weighted by Crippen LogP contribution is 2.04. The van der Waals surface area contributed by atoms with E-state index in [1.807, 2.05) is 0 Å². The minimum atomic E-state index is -0.393. The summed E-state index contributed by atoms with van der Waals surface area (Å²) < 4.78 is 4.51. The summed E-state index contributed by atoms with van der Waals surface area (Å²) >= 11 is 0. The molecule has 0 radical (unpaired) electrons. The van der Waals surface area contributed by atoms with Crippen molar-refractivity contribution in [1.82, 2.24) is 0 Å². The van der Waals surface area contributed by atoms with Gasteiger partial charge < -0.3 is 10.5 Å². The first-order valence-electron chi connectivity index (χ1n) is 3.68. The Morgan fingerprint density at radius 1 is 1.20 bits per heavy atom. The number of carbonyl (C=O) groups excluding carboxylic acids is 1. The number of rotatable bonds is 2. The number of nitrogens with one attached hydrogen (secondary N) is 1. The topological polar surface area (TPSA) is 76.2 Å². The van der Waals surface area contributed by atoms with Crippen LogP contribution in [0.3, 0.4) is 0 Å². The zero-order chi connectivity index (χ0) is 9.84. The molecule has 0 aliphatic rings. The quantitative estimate of drug-likeness (QED) is 0.476. The van der Waals surface area contributed by atoms with E-state index in [2.05, 4.69) is 4.74 Å². The Kier molecular flexibility index (Phi) is 7.65. The van der Waals surface area contributed by atoms with Crippen molar-refractivity contribution in [2.45, 2.75) is 0 Å². The van der Waals surface area contributed by atoms with Crippen LogP contribution in [0.2, 0.25) is 0 Å². The van der Waals surface area contributed by atoms with Crippen molar-refractivity contribution in [3.05, 3.63) is 35.4 Å². The summed E-state index contributed by atoms with van der Waals surface area (Å²) in [7, 11) is 1.32. The fraction of sp³-hybridized carbons (Fsp3) is 0.111. The highest BCUT2D eigenvalue weighted by Gasteiger charge is 2.04. The Balaban J connectivity index is 0. The van der Waals surface area contributed by atoms with Gasteiger partial charge >= 0.3 is 5.97 Å². The maximum Gasteiger partial charge on any atom is 0.337 e. The lowest BCUT2D eigenvalue weighted by molar-refractivity contribution is 0.0601. The van der Waals surface area contributed by atoms with Crippen molar-refractivity contribution in [3.63, 3.8) is 0 Å². The van der Waals surface area contributed by atoms with Crippen LogP contribution in [0.4, 0.5) is 0 Å². The molecule has 0 bridgehead atoms. The third-order valence-electron chi connectivity index (χ3n) is 1.62. The van der Waals surface area contributed by atoms with Gasteiger partial charge in [0.25, 0.3) is 0 Å². The second kappa shape index (κ2) is 7.09. The number of nitrogen functional groups attached to an aromatic ring is 1. The van der Waals surface area contributed by atoms with Crippen molar-refractivity contribution in [1.29, 1.82) is 5.41 Å². The highest BCUT2D eigenvalue weighted by atomic mass is 35.5. The number of hydrogen-bond acceptors (Lipinski definition) is 3. The number of ether oxygens (including phenoxy) is 1. The fourth-order valence-corrected chi connectivity index (χ4v) is 0.904. The summed E-state index contributed by atoms with van der Waals surface area (Å²) in [5.74, 6) is -0.411. The van der Waals surface area contributed by atoms with E-state index in [0.717, 1.165) is 0 Å². The molecule has 0 fully saturated rings. The van der Waals surface area contributed by atoms with E-state index >= 15 is 0 Å². The molecule has 0 amide bonds. The fourth-order valence-electron chi connectivity index (χ4n) is 0.904. The molecule has 0 saturated heterocycles. The van der Waals surface area contributed by atoms with Crippen molar-refractivity contribution in [3.8, 4) is 0 Å². The molecule has 1 rings (SSSR count). The SMILES string of the molecule is COC(=O)c1ccc(C(=N)N)cc1.Cl.Cl. The van der Waals surface area contributed by atoms with Crippen LogP contribution < -0.4 is 5.73 Å². The second-order valence-electron chi connectivity index (χ2n) is 2.48. The van der Waals surface area contributed by atoms with Gasteiger partial charge in [-0.05, 0) is 12.1 Å². The van der Waals surface area contributed by atoms with Gasteiger partial charge in [0.2, 0.25) is 0 Å². The van der Waals surface area contributed by atoms with Crippen molar-refractivity contribution < 1.29 is 9.53 Å². The lowest BCUT2D eigenvalue weighted by Gasteiger charge is -2.00. The Bertz CT molecular complexity index is 338. The summed E-state index contributed by atoms with van der Waals surface area (Å²) in [6, 6.07) is 6.36. The van der Waals surface area contributed by atoms with Crippen LogP contribution in [0.15, 0.2) is 24.3 Å². The van der Waals surface area contributed by atoms with Crippen LogP contribution in [0.25, 0.3) is 0 Å². The lowest BCUT2D eigenvalue weighted by atomic mass is 10.1. The normalized spacial score (nSPS) is 8.07. The second-order valence-corrected chi connectivity index (χ2v) is 2.48. The smallest absolute Gasteiger partial charge is 0.337 e. The standard InChI is InChI=1S/C9H10N2O2.2ClH/c1-13-9(12)7-4-2-6(3-5-7)8(10)11;;/h2-5H,1H3,(H3,10,11);2*1H. The van der Waals surface area contributed by atoms with E-state index in [1.54, 1.807) is 24.3 Å². The van der Waals surface area contributed by atoms with Gasteiger partial charge in [-0.3, -0.25) is 5.41 Å². The number of carbonyl (C=O) groups is 1. The first-order valence-corrected chi connectivity index (χ1v) is 3.68. The molecule has 15 heavy (non-hydrogen) atoms. The van der Waals surface area contributed by atoms with Crippen LogP contribution in [0, 0.1) is 5.41 Å². The molecule has 0 spiro atoms. The monoisotopic (exact) mass is 250 g/mol. The summed E-state index contributed by atoms with van der Waals surface area (Å²) in [5.41, 5.74) is 6.28. The van der Waals surface area contributed by atoms with Crippen LogP contribution in [-0.2, 0) is 4.74 Å². The van der Waals surface area contributed by atoms with Crippen molar-refractivity contribution >= 4 is 36.6 Å². The van der Waals surface area contributed by atoms with E-state index in [0.29, 0.717) is 11.1 Å². The van der Waals surface area contributed by atoms with Gasteiger partial charge in [0.05, 0.1) is 12.7 Å². The predicted molar refractivity (Wildman–Crippen MR) is 63.3 cm³/mol. The number of amidine groups is 1. The zero-order valence-corrected chi connectivity index (χ0v) is 9.65. The van der Waals surface area contributed by atoms with Gasteiger partial charge in [0, 0.05) is 5.56 Å². The Morgan fingerprint density at radius 3 is 1.93 bits per heavy atom. The third kappa shape index (κ3) is 4.18. The van der Waals surface area contributed by atoms with E-state index in [1.165, 1.54) is 7.11 Å². The molecule has 0 saturated carbocycles.